The number of aryl methyl sites for hydroxylation is 2. The highest BCUT2D eigenvalue weighted by atomic mass is 19.4. The number of likely N-dealkylation sites (tertiary alicyclic amines) is 1. The number of nitrogens with zero attached hydrogens (tertiary/aromatic N) is 5. The third-order valence-corrected chi connectivity index (χ3v) is 7.06. The number of hydrogen-bond acceptors (Lipinski definition) is 8. The van der Waals surface area contributed by atoms with Crippen molar-refractivity contribution in [3.63, 3.8) is 0 Å². The molecular formula is C27H33F3N8O2. The molecule has 1 aliphatic heterocycles. The van der Waals surface area contributed by atoms with Crippen molar-refractivity contribution in [3.8, 4) is 5.75 Å². The number of nitrogens with two attached hydrogens (primary N) is 1. The highest BCUT2D eigenvalue weighted by Gasteiger charge is 2.33. The molecule has 0 radical (unpaired) electrons. The van der Waals surface area contributed by atoms with Crippen LogP contribution in [0.25, 0.3) is 0 Å². The van der Waals surface area contributed by atoms with Crippen LogP contribution in [0.1, 0.15) is 51.3 Å². The van der Waals surface area contributed by atoms with Gasteiger partial charge in [0.25, 0.3) is 5.91 Å². The molecule has 1 aromatic carbocycles. The molecule has 1 saturated heterocycles. The molecule has 0 unspecified atom stereocenters. The SMILES string of the molecule is COc1c(CN2CCCC2)cc(C(F)(F)F)cc1NC(=O)c1cnc(C)c(N(N)CC(=N)c2cnn(C)c2C)c1. The van der Waals surface area contributed by atoms with Crippen LogP contribution in [-0.2, 0) is 19.8 Å². The van der Waals surface area contributed by atoms with Crippen molar-refractivity contribution in [3.05, 3.63) is 64.2 Å². The van der Waals surface area contributed by atoms with Gasteiger partial charge in [0.05, 0.1) is 53.8 Å². The van der Waals surface area contributed by atoms with Gasteiger partial charge < -0.3 is 20.5 Å². The van der Waals surface area contributed by atoms with Gasteiger partial charge in [-0.25, -0.2) is 5.84 Å². The van der Waals surface area contributed by atoms with Crippen molar-refractivity contribution in [1.29, 1.82) is 5.41 Å². The summed E-state index contributed by atoms with van der Waals surface area (Å²) in [5.74, 6) is 5.77. The molecule has 0 spiro atoms. The first kappa shape index (κ1) is 29.0. The average molecular weight is 559 g/mol. The van der Waals surface area contributed by atoms with Gasteiger partial charge in [0.2, 0.25) is 0 Å². The predicted molar refractivity (Wildman–Crippen MR) is 146 cm³/mol. The number of aromatic nitrogens is 3. The number of ether oxygens (including phenoxy) is 1. The Morgan fingerprint density at radius 2 is 1.90 bits per heavy atom. The topological polar surface area (TPSA) is 125 Å². The molecular weight excluding hydrogens is 525 g/mol. The fourth-order valence-corrected chi connectivity index (χ4v) is 4.75. The number of methoxy groups -OCH3 is 1. The zero-order valence-electron chi connectivity index (χ0n) is 22.9. The predicted octanol–water partition coefficient (Wildman–Crippen LogP) is 4.06. The van der Waals surface area contributed by atoms with Gasteiger partial charge in [0.15, 0.2) is 0 Å². The second-order valence-corrected chi connectivity index (χ2v) is 9.85. The summed E-state index contributed by atoms with van der Waals surface area (Å²) in [4.78, 5) is 19.6. The Kier molecular flexibility index (Phi) is 8.45. The van der Waals surface area contributed by atoms with Gasteiger partial charge >= 0.3 is 6.18 Å². The molecule has 4 N–H and O–H groups in total. The van der Waals surface area contributed by atoms with E-state index >= 15 is 0 Å². The fraction of sp³-hybridized carbons (Fsp3) is 0.407. The lowest BCUT2D eigenvalue weighted by Crippen LogP contribution is -2.37. The van der Waals surface area contributed by atoms with E-state index in [0.29, 0.717) is 22.5 Å². The lowest BCUT2D eigenvalue weighted by atomic mass is 10.1. The summed E-state index contributed by atoms with van der Waals surface area (Å²) < 4.78 is 48.5. The van der Waals surface area contributed by atoms with Crippen LogP contribution >= 0.6 is 0 Å². The minimum Gasteiger partial charge on any atom is -0.494 e. The highest BCUT2D eigenvalue weighted by molar-refractivity contribution is 6.06. The first-order chi connectivity index (χ1) is 18.9. The van der Waals surface area contributed by atoms with Crippen LogP contribution in [0.2, 0.25) is 0 Å². The normalized spacial score (nSPS) is 13.9. The van der Waals surface area contributed by atoms with Crippen LogP contribution < -0.4 is 20.9 Å². The quantitative estimate of drug-likeness (QED) is 0.206. The lowest BCUT2D eigenvalue weighted by molar-refractivity contribution is -0.137. The molecule has 0 saturated carbocycles. The molecule has 10 nitrogen and oxygen atoms in total. The third-order valence-electron chi connectivity index (χ3n) is 7.06. The number of hydrazine groups is 1. The Morgan fingerprint density at radius 1 is 1.20 bits per heavy atom. The number of benzene rings is 1. The van der Waals surface area contributed by atoms with E-state index in [1.54, 1.807) is 24.9 Å². The third kappa shape index (κ3) is 6.26. The zero-order valence-corrected chi connectivity index (χ0v) is 22.9. The van der Waals surface area contributed by atoms with Crippen LogP contribution in [-0.4, -0.2) is 58.0 Å². The van der Waals surface area contributed by atoms with Gasteiger partial charge in [-0.15, -0.1) is 0 Å². The van der Waals surface area contributed by atoms with Crippen molar-refractivity contribution < 1.29 is 22.7 Å². The van der Waals surface area contributed by atoms with E-state index in [2.05, 4.69) is 20.3 Å². The van der Waals surface area contributed by atoms with Crippen molar-refractivity contribution in [2.75, 3.05) is 37.1 Å². The Bertz CT molecular complexity index is 1410. The number of carbonyl (C=O) groups excluding carboxylic acids is 1. The van der Waals surface area contributed by atoms with E-state index in [-0.39, 0.29) is 35.8 Å². The van der Waals surface area contributed by atoms with Crippen molar-refractivity contribution in [1.82, 2.24) is 19.7 Å². The second-order valence-electron chi connectivity index (χ2n) is 9.85. The first-order valence-electron chi connectivity index (χ1n) is 12.8. The van der Waals surface area contributed by atoms with E-state index in [1.807, 2.05) is 6.92 Å². The molecule has 1 aliphatic rings. The summed E-state index contributed by atoms with van der Waals surface area (Å²) in [5.41, 5.74) is 2.04. The van der Waals surface area contributed by atoms with Gasteiger partial charge in [-0.1, -0.05) is 0 Å². The number of nitrogens with one attached hydrogen (secondary N) is 2. The summed E-state index contributed by atoms with van der Waals surface area (Å²) in [5, 5.41) is 16.5. The summed E-state index contributed by atoms with van der Waals surface area (Å²) in [6.07, 6.45) is 0.256. The van der Waals surface area contributed by atoms with Crippen LogP contribution in [0, 0.1) is 19.3 Å². The molecule has 1 fully saturated rings. The van der Waals surface area contributed by atoms with Gasteiger partial charge in [0, 0.05) is 36.6 Å². The summed E-state index contributed by atoms with van der Waals surface area (Å²) in [7, 11) is 3.14. The molecule has 4 rings (SSSR count). The second kappa shape index (κ2) is 11.6. The maximum absolute atomic E-state index is 13.8. The lowest BCUT2D eigenvalue weighted by Gasteiger charge is -2.22. The molecule has 13 heteroatoms. The van der Waals surface area contributed by atoms with Crippen LogP contribution in [0.15, 0.2) is 30.6 Å². The molecule has 0 atom stereocenters. The Hall–Kier alpha value is -3.97. The first-order valence-corrected chi connectivity index (χ1v) is 12.8. The molecule has 2 aromatic heterocycles. The van der Waals surface area contributed by atoms with E-state index in [9.17, 15) is 18.0 Å². The van der Waals surface area contributed by atoms with Gasteiger partial charge in [-0.3, -0.25) is 19.4 Å². The maximum atomic E-state index is 13.8. The van der Waals surface area contributed by atoms with Crippen LogP contribution in [0.3, 0.4) is 0 Å². The van der Waals surface area contributed by atoms with Crippen molar-refractivity contribution in [2.24, 2.45) is 12.9 Å². The average Bonchev–Trinajstić information content (AvgIpc) is 3.53. The number of amides is 1. The number of alkyl halides is 3. The number of rotatable bonds is 9. The van der Waals surface area contributed by atoms with Crippen LogP contribution in [0.5, 0.6) is 5.75 Å². The minimum atomic E-state index is -4.61. The van der Waals surface area contributed by atoms with E-state index in [1.165, 1.54) is 24.4 Å². The van der Waals surface area contributed by atoms with E-state index in [4.69, 9.17) is 16.0 Å². The van der Waals surface area contributed by atoms with Crippen LogP contribution in [0.4, 0.5) is 24.5 Å². The monoisotopic (exact) mass is 558 g/mol. The van der Waals surface area contributed by atoms with E-state index < -0.39 is 17.6 Å². The largest absolute Gasteiger partial charge is 0.494 e. The fourth-order valence-electron chi connectivity index (χ4n) is 4.75. The molecule has 0 aliphatic carbocycles. The molecule has 214 valence electrons. The molecule has 1 amide bonds. The van der Waals surface area contributed by atoms with E-state index in [0.717, 1.165) is 43.8 Å². The van der Waals surface area contributed by atoms with Gasteiger partial charge in [0.1, 0.15) is 5.75 Å². The number of hydrogen-bond donors (Lipinski definition) is 3. The number of anilines is 2. The molecule has 40 heavy (non-hydrogen) atoms. The zero-order chi connectivity index (χ0) is 29.2. The molecule has 3 heterocycles. The Labute approximate surface area is 230 Å². The number of carbonyl (C=O) groups is 1. The standard InChI is InChI=1S/C27H33F3N8O2/c1-16-24(38(32)15-22(31)21-13-34-36(3)17(21)2)10-18(12-33-16)26(39)35-23-11-20(27(28,29)30)9-19(25(23)40-4)14-37-7-5-6-8-37/h9-13,31H,5-8,14-15,32H2,1-4H3,(H,35,39). The summed E-state index contributed by atoms with van der Waals surface area (Å²) in [6.45, 7) is 5.40. The minimum absolute atomic E-state index is 0.0153. The Balaban J connectivity index is 1.60. The molecule has 0 bridgehead atoms. The maximum Gasteiger partial charge on any atom is 0.416 e. The summed E-state index contributed by atoms with van der Waals surface area (Å²) >= 11 is 0. The molecule has 3 aromatic rings. The van der Waals surface area contributed by atoms with Crippen molar-refractivity contribution >= 4 is 23.0 Å². The van der Waals surface area contributed by atoms with Gasteiger partial charge in [-0.2, -0.15) is 18.3 Å². The number of halogens is 3. The highest BCUT2D eigenvalue weighted by Crippen LogP contribution is 2.39. The smallest absolute Gasteiger partial charge is 0.416 e. The summed E-state index contributed by atoms with van der Waals surface area (Å²) in [6, 6.07) is 3.44. The van der Waals surface area contributed by atoms with Gasteiger partial charge in [-0.05, 0) is 58.0 Å². The Morgan fingerprint density at radius 3 is 2.50 bits per heavy atom. The van der Waals surface area contributed by atoms with Crippen molar-refractivity contribution in [2.45, 2.75) is 39.4 Å². The number of pyridine rings is 1.